The standard InChI is InChI=1S/C10H17N3O/c1-3-8(14-2)9(11)7-5-4-6-13-10(7)12/h4-6,8-9H,3,11H2,1-2H3,(H2,12,13). The summed E-state index contributed by atoms with van der Waals surface area (Å²) in [5.41, 5.74) is 12.6. The molecule has 0 spiro atoms. The molecule has 0 fully saturated rings. The number of hydrogen-bond acceptors (Lipinski definition) is 4. The van der Waals surface area contributed by atoms with Crippen LogP contribution in [0.2, 0.25) is 0 Å². The average Bonchev–Trinajstić information content (AvgIpc) is 2.20. The van der Waals surface area contributed by atoms with Crippen LogP contribution < -0.4 is 11.5 Å². The lowest BCUT2D eigenvalue weighted by atomic mass is 10.0. The van der Waals surface area contributed by atoms with Gasteiger partial charge in [0, 0.05) is 18.9 Å². The maximum atomic E-state index is 6.02. The van der Waals surface area contributed by atoms with Crippen molar-refractivity contribution in [2.24, 2.45) is 5.73 Å². The van der Waals surface area contributed by atoms with Crippen LogP contribution in [-0.4, -0.2) is 18.2 Å². The fourth-order valence-corrected chi connectivity index (χ4v) is 1.48. The van der Waals surface area contributed by atoms with E-state index in [9.17, 15) is 0 Å². The van der Waals surface area contributed by atoms with Gasteiger partial charge in [0.05, 0.1) is 12.1 Å². The van der Waals surface area contributed by atoms with Crippen LogP contribution in [0.25, 0.3) is 0 Å². The van der Waals surface area contributed by atoms with Crippen molar-refractivity contribution < 1.29 is 4.74 Å². The first-order chi connectivity index (χ1) is 6.70. The quantitative estimate of drug-likeness (QED) is 0.754. The number of aromatic nitrogens is 1. The van der Waals surface area contributed by atoms with Crippen LogP contribution in [0, 0.1) is 0 Å². The molecule has 2 atom stereocenters. The highest BCUT2D eigenvalue weighted by atomic mass is 16.5. The lowest BCUT2D eigenvalue weighted by Crippen LogP contribution is -2.28. The molecule has 4 heteroatoms. The van der Waals surface area contributed by atoms with Crippen LogP contribution in [0.4, 0.5) is 5.82 Å². The van der Waals surface area contributed by atoms with Crippen molar-refractivity contribution in [3.05, 3.63) is 23.9 Å². The van der Waals surface area contributed by atoms with Crippen LogP contribution >= 0.6 is 0 Å². The summed E-state index contributed by atoms with van der Waals surface area (Å²) < 4.78 is 5.26. The first-order valence-electron chi connectivity index (χ1n) is 4.69. The molecule has 78 valence electrons. The molecular weight excluding hydrogens is 178 g/mol. The third-order valence-corrected chi connectivity index (χ3v) is 2.34. The number of hydrogen-bond donors (Lipinski definition) is 2. The minimum atomic E-state index is -0.210. The van der Waals surface area contributed by atoms with Gasteiger partial charge in [0.1, 0.15) is 5.82 Å². The van der Waals surface area contributed by atoms with Gasteiger partial charge in [0.25, 0.3) is 0 Å². The van der Waals surface area contributed by atoms with Crippen molar-refractivity contribution in [1.82, 2.24) is 4.98 Å². The molecule has 0 amide bonds. The molecule has 2 unspecified atom stereocenters. The number of ether oxygens (including phenoxy) is 1. The fourth-order valence-electron chi connectivity index (χ4n) is 1.48. The third-order valence-electron chi connectivity index (χ3n) is 2.34. The molecule has 1 rings (SSSR count). The van der Waals surface area contributed by atoms with Gasteiger partial charge in [0.2, 0.25) is 0 Å². The first-order valence-corrected chi connectivity index (χ1v) is 4.69. The zero-order valence-corrected chi connectivity index (χ0v) is 8.60. The summed E-state index contributed by atoms with van der Waals surface area (Å²) in [5, 5.41) is 0. The largest absolute Gasteiger partial charge is 0.383 e. The van der Waals surface area contributed by atoms with Crippen molar-refractivity contribution in [3.63, 3.8) is 0 Å². The van der Waals surface area contributed by atoms with Gasteiger partial charge in [-0.1, -0.05) is 13.0 Å². The molecule has 0 aliphatic carbocycles. The Morgan fingerprint density at radius 2 is 2.29 bits per heavy atom. The van der Waals surface area contributed by atoms with Crippen molar-refractivity contribution in [3.8, 4) is 0 Å². The summed E-state index contributed by atoms with van der Waals surface area (Å²) in [7, 11) is 1.65. The summed E-state index contributed by atoms with van der Waals surface area (Å²) in [6.07, 6.45) is 2.49. The molecule has 0 aliphatic rings. The summed E-state index contributed by atoms with van der Waals surface area (Å²) in [6, 6.07) is 3.50. The molecular formula is C10H17N3O. The molecule has 1 aromatic heterocycles. The van der Waals surface area contributed by atoms with E-state index in [0.29, 0.717) is 5.82 Å². The molecule has 0 bridgehead atoms. The number of anilines is 1. The summed E-state index contributed by atoms with van der Waals surface area (Å²) in [4.78, 5) is 3.99. The van der Waals surface area contributed by atoms with Crippen LogP contribution in [0.3, 0.4) is 0 Å². The Morgan fingerprint density at radius 1 is 1.57 bits per heavy atom. The first kappa shape index (κ1) is 10.9. The minimum absolute atomic E-state index is 0.0125. The van der Waals surface area contributed by atoms with E-state index >= 15 is 0 Å². The van der Waals surface area contributed by atoms with E-state index in [-0.39, 0.29) is 12.1 Å². The number of methoxy groups -OCH3 is 1. The van der Waals surface area contributed by atoms with E-state index < -0.39 is 0 Å². The minimum Gasteiger partial charge on any atom is -0.383 e. The number of pyridine rings is 1. The SMILES string of the molecule is CCC(OC)C(N)c1cccnc1N. The number of nitrogens with zero attached hydrogens (tertiary/aromatic N) is 1. The Kier molecular flexibility index (Phi) is 3.85. The Balaban J connectivity index is 2.88. The molecule has 1 heterocycles. The van der Waals surface area contributed by atoms with Gasteiger partial charge in [-0.15, -0.1) is 0 Å². The highest BCUT2D eigenvalue weighted by Gasteiger charge is 2.19. The Morgan fingerprint density at radius 3 is 2.79 bits per heavy atom. The zero-order valence-electron chi connectivity index (χ0n) is 8.60. The average molecular weight is 195 g/mol. The maximum Gasteiger partial charge on any atom is 0.128 e. The van der Waals surface area contributed by atoms with Gasteiger partial charge < -0.3 is 16.2 Å². The Labute approximate surface area is 84.3 Å². The highest BCUT2D eigenvalue weighted by molar-refractivity contribution is 5.41. The van der Waals surface area contributed by atoms with Crippen molar-refractivity contribution in [2.45, 2.75) is 25.5 Å². The molecule has 4 N–H and O–H groups in total. The fraction of sp³-hybridized carbons (Fsp3) is 0.500. The second-order valence-electron chi connectivity index (χ2n) is 3.19. The van der Waals surface area contributed by atoms with E-state index in [0.717, 1.165) is 12.0 Å². The zero-order chi connectivity index (χ0) is 10.6. The second kappa shape index (κ2) is 4.93. The molecule has 0 saturated heterocycles. The normalized spacial score (nSPS) is 15.1. The van der Waals surface area contributed by atoms with E-state index in [2.05, 4.69) is 4.98 Å². The predicted octanol–water partition coefficient (Wildman–Crippen LogP) is 1.09. The smallest absolute Gasteiger partial charge is 0.128 e. The van der Waals surface area contributed by atoms with Gasteiger partial charge >= 0.3 is 0 Å². The van der Waals surface area contributed by atoms with E-state index in [1.165, 1.54) is 0 Å². The molecule has 0 radical (unpaired) electrons. The number of rotatable bonds is 4. The van der Waals surface area contributed by atoms with Gasteiger partial charge in [-0.2, -0.15) is 0 Å². The Bertz CT molecular complexity index is 286. The molecule has 0 aromatic carbocycles. The summed E-state index contributed by atoms with van der Waals surface area (Å²) in [6.45, 7) is 2.03. The lowest BCUT2D eigenvalue weighted by Gasteiger charge is -2.22. The van der Waals surface area contributed by atoms with Crippen molar-refractivity contribution in [1.29, 1.82) is 0 Å². The number of nitrogen functional groups attached to an aromatic ring is 1. The third kappa shape index (κ3) is 2.21. The predicted molar refractivity (Wildman–Crippen MR) is 56.7 cm³/mol. The summed E-state index contributed by atoms with van der Waals surface area (Å²) in [5.74, 6) is 0.482. The van der Waals surface area contributed by atoms with Gasteiger partial charge in [0.15, 0.2) is 0 Å². The van der Waals surface area contributed by atoms with Crippen LogP contribution in [-0.2, 0) is 4.74 Å². The highest BCUT2D eigenvalue weighted by Crippen LogP contribution is 2.21. The van der Waals surface area contributed by atoms with Crippen molar-refractivity contribution >= 4 is 5.82 Å². The maximum absolute atomic E-state index is 6.02. The molecule has 0 saturated carbocycles. The topological polar surface area (TPSA) is 74.2 Å². The second-order valence-corrected chi connectivity index (χ2v) is 3.19. The van der Waals surface area contributed by atoms with E-state index in [4.69, 9.17) is 16.2 Å². The van der Waals surface area contributed by atoms with Crippen molar-refractivity contribution in [2.75, 3.05) is 12.8 Å². The van der Waals surface area contributed by atoms with Crippen LogP contribution in [0.1, 0.15) is 24.9 Å². The molecule has 0 aliphatic heterocycles. The molecule has 14 heavy (non-hydrogen) atoms. The van der Waals surface area contributed by atoms with Gasteiger partial charge in [-0.25, -0.2) is 4.98 Å². The molecule has 4 nitrogen and oxygen atoms in total. The van der Waals surface area contributed by atoms with E-state index in [1.54, 1.807) is 13.3 Å². The Hall–Kier alpha value is -1.13. The molecule has 1 aromatic rings. The van der Waals surface area contributed by atoms with E-state index in [1.807, 2.05) is 19.1 Å². The van der Waals surface area contributed by atoms with Crippen LogP contribution in [0.15, 0.2) is 18.3 Å². The lowest BCUT2D eigenvalue weighted by molar-refractivity contribution is 0.0773. The monoisotopic (exact) mass is 195 g/mol. The summed E-state index contributed by atoms with van der Waals surface area (Å²) >= 11 is 0. The van der Waals surface area contributed by atoms with Gasteiger partial charge in [-0.05, 0) is 12.5 Å². The van der Waals surface area contributed by atoms with Gasteiger partial charge in [-0.3, -0.25) is 0 Å². The van der Waals surface area contributed by atoms with Crippen LogP contribution in [0.5, 0.6) is 0 Å². The number of nitrogens with two attached hydrogens (primary N) is 2.